The minimum Gasteiger partial charge on any atom is -0.480 e. The summed E-state index contributed by atoms with van der Waals surface area (Å²) in [6.45, 7) is 1.86. The van der Waals surface area contributed by atoms with Crippen molar-refractivity contribution < 1.29 is 19.8 Å². The summed E-state index contributed by atoms with van der Waals surface area (Å²) in [6.07, 6.45) is -1.19. The average Bonchev–Trinajstić information content (AvgIpc) is 2.38. The number of aliphatic hydroxyl groups is 1. The Morgan fingerprint density at radius 2 is 1.95 bits per heavy atom. The first-order chi connectivity index (χ1) is 9.45. The Bertz CT molecular complexity index is 476. The number of hydrogen-bond acceptors (Lipinski definition) is 4. The van der Waals surface area contributed by atoms with Crippen molar-refractivity contribution in [1.29, 1.82) is 0 Å². The van der Waals surface area contributed by atoms with E-state index >= 15 is 0 Å². The zero-order valence-corrected chi connectivity index (χ0v) is 11.4. The van der Waals surface area contributed by atoms with Gasteiger partial charge in [-0.05, 0) is 25.6 Å². The van der Waals surface area contributed by atoms with Crippen molar-refractivity contribution in [2.45, 2.75) is 25.6 Å². The number of urea groups is 1. The van der Waals surface area contributed by atoms with Gasteiger partial charge >= 0.3 is 12.0 Å². The fourth-order valence-electron chi connectivity index (χ4n) is 1.68. The lowest BCUT2D eigenvalue weighted by Crippen LogP contribution is -2.49. The van der Waals surface area contributed by atoms with E-state index in [0.29, 0.717) is 12.2 Å². The van der Waals surface area contributed by atoms with E-state index in [2.05, 4.69) is 16.0 Å². The van der Waals surface area contributed by atoms with Gasteiger partial charge in [0, 0.05) is 12.2 Å². The molecule has 1 aromatic rings. The van der Waals surface area contributed by atoms with E-state index in [1.807, 2.05) is 12.1 Å². The van der Waals surface area contributed by atoms with Crippen LogP contribution in [0.2, 0.25) is 0 Å². The first kappa shape index (κ1) is 15.9. The third-order valence-electron chi connectivity index (χ3n) is 2.67. The number of carboxylic acids is 1. The van der Waals surface area contributed by atoms with Gasteiger partial charge in [-0.25, -0.2) is 9.59 Å². The molecule has 2 amide bonds. The monoisotopic (exact) mass is 281 g/mol. The van der Waals surface area contributed by atoms with Crippen molar-refractivity contribution in [2.24, 2.45) is 0 Å². The van der Waals surface area contributed by atoms with Crippen LogP contribution in [0.3, 0.4) is 0 Å². The topological polar surface area (TPSA) is 111 Å². The lowest BCUT2D eigenvalue weighted by molar-refractivity contribution is -0.141. The summed E-state index contributed by atoms with van der Waals surface area (Å²) in [7, 11) is 1.78. The summed E-state index contributed by atoms with van der Waals surface area (Å²) in [5.41, 5.74) is 1.45. The van der Waals surface area contributed by atoms with E-state index in [4.69, 9.17) is 5.11 Å². The Balaban J connectivity index is 2.73. The highest BCUT2D eigenvalue weighted by molar-refractivity contribution is 5.93. The molecule has 1 rings (SSSR count). The van der Waals surface area contributed by atoms with Crippen LogP contribution in [0.15, 0.2) is 24.3 Å². The van der Waals surface area contributed by atoms with Gasteiger partial charge in [0.1, 0.15) is 0 Å². The first-order valence-electron chi connectivity index (χ1n) is 6.16. The number of rotatable bonds is 6. The molecule has 20 heavy (non-hydrogen) atoms. The minimum absolute atomic E-state index is 0.565. The van der Waals surface area contributed by atoms with Gasteiger partial charge in [-0.15, -0.1) is 0 Å². The van der Waals surface area contributed by atoms with E-state index in [0.717, 1.165) is 5.56 Å². The maximum atomic E-state index is 11.8. The van der Waals surface area contributed by atoms with Crippen LogP contribution in [-0.4, -0.2) is 41.4 Å². The van der Waals surface area contributed by atoms with Gasteiger partial charge in [-0.2, -0.15) is 0 Å². The minimum atomic E-state index is -1.36. The molecule has 1 aromatic carbocycles. The second kappa shape index (κ2) is 7.46. The number of carboxylic acid groups (broad SMARTS) is 1. The van der Waals surface area contributed by atoms with E-state index in [1.54, 1.807) is 19.2 Å². The summed E-state index contributed by atoms with van der Waals surface area (Å²) in [5, 5.41) is 25.9. The summed E-state index contributed by atoms with van der Waals surface area (Å²) in [4.78, 5) is 22.7. The predicted octanol–water partition coefficient (Wildman–Crippen LogP) is 0.361. The van der Waals surface area contributed by atoms with Crippen molar-refractivity contribution in [3.63, 3.8) is 0 Å². The van der Waals surface area contributed by atoms with E-state index in [9.17, 15) is 14.7 Å². The van der Waals surface area contributed by atoms with E-state index in [1.165, 1.54) is 6.92 Å². The third kappa shape index (κ3) is 4.52. The zero-order valence-electron chi connectivity index (χ0n) is 11.4. The van der Waals surface area contributed by atoms with E-state index in [-0.39, 0.29) is 0 Å². The van der Waals surface area contributed by atoms with Crippen LogP contribution >= 0.6 is 0 Å². The molecule has 0 aliphatic rings. The normalized spacial score (nSPS) is 13.3. The average molecular weight is 281 g/mol. The van der Waals surface area contributed by atoms with Gasteiger partial charge < -0.3 is 26.2 Å². The summed E-state index contributed by atoms with van der Waals surface area (Å²) in [6, 6.07) is 5.12. The van der Waals surface area contributed by atoms with Gasteiger partial charge in [0.2, 0.25) is 0 Å². The molecule has 0 fully saturated rings. The molecule has 0 aliphatic heterocycles. The summed E-state index contributed by atoms with van der Waals surface area (Å²) in [5.74, 6) is -1.29. The SMILES string of the molecule is CNCc1ccccc1NC(=O)NC(C(=O)O)C(C)O. The van der Waals surface area contributed by atoms with Crippen molar-refractivity contribution in [2.75, 3.05) is 12.4 Å². The molecule has 0 radical (unpaired) electrons. The maximum absolute atomic E-state index is 11.8. The predicted molar refractivity (Wildman–Crippen MR) is 74.5 cm³/mol. The molecular weight excluding hydrogens is 262 g/mol. The Morgan fingerprint density at radius 3 is 2.50 bits per heavy atom. The number of aliphatic carboxylic acids is 1. The standard InChI is InChI=1S/C13H19N3O4/c1-8(17)11(12(18)19)16-13(20)15-10-6-4-3-5-9(10)7-14-2/h3-6,8,11,14,17H,7H2,1-2H3,(H,18,19)(H2,15,16,20). The van der Waals surface area contributed by atoms with Crippen LogP contribution < -0.4 is 16.0 Å². The second-order valence-corrected chi connectivity index (χ2v) is 4.34. The Hall–Kier alpha value is -2.12. The second-order valence-electron chi connectivity index (χ2n) is 4.34. The smallest absolute Gasteiger partial charge is 0.328 e. The number of para-hydroxylation sites is 1. The fraction of sp³-hybridized carbons (Fsp3) is 0.385. The molecule has 0 saturated heterocycles. The zero-order chi connectivity index (χ0) is 15.1. The Morgan fingerprint density at radius 1 is 1.30 bits per heavy atom. The van der Waals surface area contributed by atoms with Crippen LogP contribution in [0.4, 0.5) is 10.5 Å². The number of hydrogen-bond donors (Lipinski definition) is 5. The quantitative estimate of drug-likeness (QED) is 0.517. The molecule has 0 aliphatic carbocycles. The molecule has 0 aromatic heterocycles. The van der Waals surface area contributed by atoms with Crippen LogP contribution in [0.1, 0.15) is 12.5 Å². The number of nitrogens with one attached hydrogen (secondary N) is 3. The van der Waals surface area contributed by atoms with Crippen molar-refractivity contribution in [3.05, 3.63) is 29.8 Å². The molecule has 0 heterocycles. The number of carbonyl (C=O) groups is 2. The van der Waals surface area contributed by atoms with Gasteiger partial charge in [0.05, 0.1) is 6.10 Å². The van der Waals surface area contributed by atoms with Crippen LogP contribution in [0, 0.1) is 0 Å². The number of carbonyl (C=O) groups excluding carboxylic acids is 1. The van der Waals surface area contributed by atoms with Crippen LogP contribution in [-0.2, 0) is 11.3 Å². The number of amides is 2. The van der Waals surface area contributed by atoms with Gasteiger partial charge in [-0.1, -0.05) is 18.2 Å². The van der Waals surface area contributed by atoms with Crippen molar-refractivity contribution >= 4 is 17.7 Å². The number of anilines is 1. The lowest BCUT2D eigenvalue weighted by Gasteiger charge is -2.18. The van der Waals surface area contributed by atoms with Crippen molar-refractivity contribution in [1.82, 2.24) is 10.6 Å². The summed E-state index contributed by atoms with van der Waals surface area (Å²) < 4.78 is 0. The Kier molecular flexibility index (Phi) is 5.95. The number of aliphatic hydroxyl groups excluding tert-OH is 1. The molecule has 110 valence electrons. The van der Waals surface area contributed by atoms with Crippen LogP contribution in [0.25, 0.3) is 0 Å². The Labute approximate surface area is 117 Å². The third-order valence-corrected chi connectivity index (χ3v) is 2.67. The maximum Gasteiger partial charge on any atom is 0.328 e. The summed E-state index contributed by atoms with van der Waals surface area (Å²) >= 11 is 0. The molecule has 0 bridgehead atoms. The molecule has 7 nitrogen and oxygen atoms in total. The molecule has 7 heteroatoms. The highest BCUT2D eigenvalue weighted by atomic mass is 16.4. The molecule has 2 atom stereocenters. The van der Waals surface area contributed by atoms with E-state index < -0.39 is 24.1 Å². The molecule has 0 saturated carbocycles. The highest BCUT2D eigenvalue weighted by Crippen LogP contribution is 2.14. The van der Waals surface area contributed by atoms with Gasteiger partial charge in [0.25, 0.3) is 0 Å². The molecule has 5 N–H and O–H groups in total. The lowest BCUT2D eigenvalue weighted by atomic mass is 10.1. The first-order valence-corrected chi connectivity index (χ1v) is 6.16. The van der Waals surface area contributed by atoms with Crippen molar-refractivity contribution in [3.8, 4) is 0 Å². The fourth-order valence-corrected chi connectivity index (χ4v) is 1.68. The number of benzene rings is 1. The van der Waals surface area contributed by atoms with Gasteiger partial charge in [-0.3, -0.25) is 0 Å². The highest BCUT2D eigenvalue weighted by Gasteiger charge is 2.25. The van der Waals surface area contributed by atoms with Crippen LogP contribution in [0.5, 0.6) is 0 Å². The molecule has 2 unspecified atom stereocenters. The largest absolute Gasteiger partial charge is 0.480 e. The molecule has 0 spiro atoms. The van der Waals surface area contributed by atoms with Gasteiger partial charge in [0.15, 0.2) is 6.04 Å². The molecular formula is C13H19N3O4.